The van der Waals surface area contributed by atoms with Crippen molar-refractivity contribution < 1.29 is 8.83 Å². The van der Waals surface area contributed by atoms with Gasteiger partial charge < -0.3 is 8.83 Å². The van der Waals surface area contributed by atoms with Crippen LogP contribution in [-0.2, 0) is 0 Å². The monoisotopic (exact) mass is 538 g/mol. The minimum Gasteiger partial charge on any atom is -0.456 e. The summed E-state index contributed by atoms with van der Waals surface area (Å²) in [5, 5.41) is 4.54. The highest BCUT2D eigenvalue weighted by Gasteiger charge is 2.14. The maximum atomic E-state index is 6.01. The van der Waals surface area contributed by atoms with E-state index in [1.54, 1.807) is 0 Å². The number of halogens is 2. The Morgan fingerprint density at radius 3 is 2.18 bits per heavy atom. The molecule has 0 atom stereocenters. The smallest absolute Gasteiger partial charge is 0.136 e. The van der Waals surface area contributed by atoms with Crippen molar-refractivity contribution in [3.63, 3.8) is 0 Å². The Hall–Kier alpha value is -2.31. The fraction of sp³-hybridized carbons (Fsp3) is 0. The van der Waals surface area contributed by atoms with Crippen LogP contribution >= 0.6 is 38.5 Å². The number of hydrogen-bond donors (Lipinski definition) is 0. The molecule has 134 valence electrons. The van der Waals surface area contributed by atoms with Gasteiger partial charge in [-0.3, -0.25) is 0 Å². The molecule has 4 heteroatoms. The standard InChI is InChI=1S/C24H12BrIO2/c25-20-12-24-19(15-3-1-2-4-21(15)28-24)11-16(20)13-5-7-22-17(9-13)18-10-14(26)6-8-23(18)27-22/h1-12H. The number of hydrogen-bond acceptors (Lipinski definition) is 2. The van der Waals surface area contributed by atoms with Gasteiger partial charge in [0.1, 0.15) is 22.3 Å². The molecule has 0 unspecified atom stereocenters. The number of furan rings is 2. The lowest BCUT2D eigenvalue weighted by molar-refractivity contribution is 0.668. The van der Waals surface area contributed by atoms with E-state index in [1.807, 2.05) is 24.3 Å². The average molecular weight is 539 g/mol. The second kappa shape index (κ2) is 6.09. The summed E-state index contributed by atoms with van der Waals surface area (Å²) in [6, 6.07) is 25.1. The summed E-state index contributed by atoms with van der Waals surface area (Å²) in [7, 11) is 0. The van der Waals surface area contributed by atoms with E-state index in [0.717, 1.165) is 59.5 Å². The second-order valence-corrected chi connectivity index (χ2v) is 8.98. The molecule has 0 aliphatic rings. The summed E-state index contributed by atoms with van der Waals surface area (Å²) in [5.41, 5.74) is 5.91. The Labute approximate surface area is 182 Å². The van der Waals surface area contributed by atoms with E-state index in [0.29, 0.717) is 0 Å². The Kier molecular flexibility index (Phi) is 3.62. The first-order valence-electron chi connectivity index (χ1n) is 8.90. The summed E-state index contributed by atoms with van der Waals surface area (Å²) < 4.78 is 14.2. The molecule has 6 aromatic rings. The molecule has 0 spiro atoms. The molecule has 0 bridgehead atoms. The molecule has 0 saturated carbocycles. The lowest BCUT2D eigenvalue weighted by Crippen LogP contribution is -1.81. The van der Waals surface area contributed by atoms with E-state index in [1.165, 1.54) is 3.57 Å². The first-order chi connectivity index (χ1) is 13.7. The van der Waals surface area contributed by atoms with Gasteiger partial charge in [-0.1, -0.05) is 40.2 Å². The maximum Gasteiger partial charge on any atom is 0.136 e. The van der Waals surface area contributed by atoms with Gasteiger partial charge in [-0.2, -0.15) is 0 Å². The SMILES string of the molecule is Brc1cc2oc3ccccc3c2cc1-c1ccc2oc3ccc(I)cc3c2c1. The summed E-state index contributed by atoms with van der Waals surface area (Å²) in [6.07, 6.45) is 0. The van der Waals surface area contributed by atoms with Gasteiger partial charge in [-0.25, -0.2) is 0 Å². The van der Waals surface area contributed by atoms with Crippen LogP contribution in [0.25, 0.3) is 55.0 Å². The number of rotatable bonds is 1. The van der Waals surface area contributed by atoms with Crippen molar-refractivity contribution in [3.05, 3.63) is 80.8 Å². The minimum absolute atomic E-state index is 0.890. The van der Waals surface area contributed by atoms with E-state index in [2.05, 4.69) is 87.1 Å². The van der Waals surface area contributed by atoms with Crippen molar-refractivity contribution in [1.29, 1.82) is 0 Å². The first-order valence-corrected chi connectivity index (χ1v) is 10.8. The van der Waals surface area contributed by atoms with Gasteiger partial charge in [-0.15, -0.1) is 0 Å². The van der Waals surface area contributed by atoms with Crippen LogP contribution in [0.1, 0.15) is 0 Å². The van der Waals surface area contributed by atoms with Crippen LogP contribution in [0.4, 0.5) is 0 Å². The lowest BCUT2D eigenvalue weighted by Gasteiger charge is -2.06. The molecule has 0 N–H and O–H groups in total. The molecule has 2 heterocycles. The molecule has 6 rings (SSSR count). The molecular formula is C24H12BrIO2. The number of para-hydroxylation sites is 1. The van der Waals surface area contributed by atoms with E-state index in [-0.39, 0.29) is 0 Å². The van der Waals surface area contributed by atoms with Crippen LogP contribution in [0.2, 0.25) is 0 Å². The average Bonchev–Trinajstić information content (AvgIpc) is 3.24. The molecule has 0 aliphatic heterocycles. The van der Waals surface area contributed by atoms with E-state index in [4.69, 9.17) is 8.83 Å². The van der Waals surface area contributed by atoms with Crippen LogP contribution < -0.4 is 0 Å². The Bertz CT molecular complexity index is 1540. The van der Waals surface area contributed by atoms with Crippen molar-refractivity contribution in [2.75, 3.05) is 0 Å². The zero-order chi connectivity index (χ0) is 18.8. The summed E-state index contributed by atoms with van der Waals surface area (Å²) >= 11 is 6.08. The van der Waals surface area contributed by atoms with Crippen molar-refractivity contribution >= 4 is 82.4 Å². The highest BCUT2D eigenvalue weighted by atomic mass is 127. The van der Waals surface area contributed by atoms with Gasteiger partial charge in [-0.05, 0) is 82.2 Å². The van der Waals surface area contributed by atoms with Crippen molar-refractivity contribution in [2.24, 2.45) is 0 Å². The van der Waals surface area contributed by atoms with Gasteiger partial charge in [0, 0.05) is 29.6 Å². The topological polar surface area (TPSA) is 26.3 Å². The largest absolute Gasteiger partial charge is 0.456 e. The Morgan fingerprint density at radius 1 is 0.607 bits per heavy atom. The minimum atomic E-state index is 0.890. The van der Waals surface area contributed by atoms with Crippen LogP contribution in [0.3, 0.4) is 0 Å². The third kappa shape index (κ3) is 2.44. The molecule has 0 fully saturated rings. The quantitative estimate of drug-likeness (QED) is 0.196. The fourth-order valence-electron chi connectivity index (χ4n) is 3.88. The highest BCUT2D eigenvalue weighted by molar-refractivity contribution is 14.1. The van der Waals surface area contributed by atoms with Gasteiger partial charge in [0.15, 0.2) is 0 Å². The molecule has 28 heavy (non-hydrogen) atoms. The van der Waals surface area contributed by atoms with Gasteiger partial charge in [0.2, 0.25) is 0 Å². The second-order valence-electron chi connectivity index (χ2n) is 6.88. The molecule has 2 aromatic heterocycles. The third-order valence-electron chi connectivity index (χ3n) is 5.21. The van der Waals surface area contributed by atoms with Gasteiger partial charge in [0.25, 0.3) is 0 Å². The van der Waals surface area contributed by atoms with Crippen LogP contribution in [0.5, 0.6) is 0 Å². The summed E-state index contributed by atoms with van der Waals surface area (Å²) in [5.74, 6) is 0. The van der Waals surface area contributed by atoms with Crippen LogP contribution in [-0.4, -0.2) is 0 Å². The predicted octanol–water partition coefficient (Wildman–Crippen LogP) is 8.52. The van der Waals surface area contributed by atoms with Crippen LogP contribution in [0.15, 0.2) is 86.1 Å². The van der Waals surface area contributed by atoms with Crippen LogP contribution in [0, 0.1) is 3.57 Å². The molecule has 0 amide bonds. The Morgan fingerprint density at radius 2 is 1.29 bits per heavy atom. The van der Waals surface area contributed by atoms with Gasteiger partial charge >= 0.3 is 0 Å². The molecular weight excluding hydrogens is 527 g/mol. The summed E-state index contributed by atoms with van der Waals surface area (Å²) in [4.78, 5) is 0. The molecule has 0 saturated heterocycles. The first kappa shape index (κ1) is 16.6. The summed E-state index contributed by atoms with van der Waals surface area (Å²) in [6.45, 7) is 0. The number of fused-ring (bicyclic) bond motifs is 6. The zero-order valence-electron chi connectivity index (χ0n) is 14.5. The maximum absolute atomic E-state index is 6.01. The third-order valence-corrected chi connectivity index (χ3v) is 6.54. The zero-order valence-corrected chi connectivity index (χ0v) is 18.2. The van der Waals surface area contributed by atoms with E-state index < -0.39 is 0 Å². The Balaban J connectivity index is 1.64. The van der Waals surface area contributed by atoms with E-state index >= 15 is 0 Å². The van der Waals surface area contributed by atoms with E-state index in [9.17, 15) is 0 Å². The van der Waals surface area contributed by atoms with Crippen molar-refractivity contribution in [2.45, 2.75) is 0 Å². The van der Waals surface area contributed by atoms with Crippen molar-refractivity contribution in [1.82, 2.24) is 0 Å². The van der Waals surface area contributed by atoms with Crippen molar-refractivity contribution in [3.8, 4) is 11.1 Å². The molecule has 0 radical (unpaired) electrons. The molecule has 2 nitrogen and oxygen atoms in total. The highest BCUT2D eigenvalue weighted by Crippen LogP contribution is 2.39. The lowest BCUT2D eigenvalue weighted by atomic mass is 10.0. The predicted molar refractivity (Wildman–Crippen MR) is 127 cm³/mol. The normalized spacial score (nSPS) is 11.9. The number of benzene rings is 4. The van der Waals surface area contributed by atoms with Gasteiger partial charge in [0.05, 0.1) is 0 Å². The molecule has 0 aliphatic carbocycles. The molecule has 4 aromatic carbocycles. The fourth-order valence-corrected chi connectivity index (χ4v) is 4.93.